The Hall–Kier alpha value is -1.30. The molecular weight excluding hydrogens is 260 g/mol. The molecule has 2 amide bonds. The number of aliphatic hydroxyl groups is 1. The predicted octanol–water partition coefficient (Wildman–Crippen LogP) is 1.43. The Morgan fingerprint density at radius 3 is 2.55 bits per heavy atom. The normalized spacial score (nSPS) is 21.4. The van der Waals surface area contributed by atoms with Crippen LogP contribution in [0.25, 0.3) is 0 Å². The Kier molecular flexibility index (Phi) is 5.80. The SMILES string of the molecule is CC(C)(C)CC(CC(=O)O)NC(=O)N1CCCC(O)C1. The Balaban J connectivity index is 2.58. The lowest BCUT2D eigenvalue weighted by Gasteiger charge is -2.33. The molecule has 1 rings (SSSR count). The van der Waals surface area contributed by atoms with Crippen molar-refractivity contribution in [2.75, 3.05) is 13.1 Å². The third kappa shape index (κ3) is 6.23. The Morgan fingerprint density at radius 2 is 2.05 bits per heavy atom. The van der Waals surface area contributed by atoms with Gasteiger partial charge in [-0.15, -0.1) is 0 Å². The number of aliphatic hydroxyl groups excluding tert-OH is 1. The third-order valence-corrected chi connectivity index (χ3v) is 3.29. The molecule has 0 radical (unpaired) electrons. The molecule has 1 aliphatic rings. The fourth-order valence-electron chi connectivity index (χ4n) is 2.53. The molecule has 1 saturated heterocycles. The lowest BCUT2D eigenvalue weighted by Crippen LogP contribution is -2.50. The van der Waals surface area contributed by atoms with Crippen LogP contribution >= 0.6 is 0 Å². The summed E-state index contributed by atoms with van der Waals surface area (Å²) in [4.78, 5) is 24.6. The molecule has 0 aromatic rings. The average molecular weight is 286 g/mol. The van der Waals surface area contributed by atoms with E-state index in [0.29, 0.717) is 25.9 Å². The molecule has 1 fully saturated rings. The minimum atomic E-state index is -0.918. The lowest BCUT2D eigenvalue weighted by atomic mass is 9.87. The molecule has 6 heteroatoms. The van der Waals surface area contributed by atoms with Gasteiger partial charge in [0.1, 0.15) is 0 Å². The van der Waals surface area contributed by atoms with Gasteiger partial charge in [0, 0.05) is 19.1 Å². The van der Waals surface area contributed by atoms with Gasteiger partial charge in [-0.2, -0.15) is 0 Å². The first-order valence-electron chi connectivity index (χ1n) is 7.12. The molecule has 116 valence electrons. The van der Waals surface area contributed by atoms with E-state index < -0.39 is 12.1 Å². The topological polar surface area (TPSA) is 89.9 Å². The van der Waals surface area contributed by atoms with Crippen LogP contribution < -0.4 is 5.32 Å². The number of urea groups is 1. The number of rotatable bonds is 4. The highest BCUT2D eigenvalue weighted by atomic mass is 16.4. The summed E-state index contributed by atoms with van der Waals surface area (Å²) in [5, 5.41) is 21.3. The smallest absolute Gasteiger partial charge is 0.317 e. The zero-order valence-electron chi connectivity index (χ0n) is 12.6. The molecule has 0 aliphatic carbocycles. The van der Waals surface area contributed by atoms with Crippen molar-refractivity contribution in [1.29, 1.82) is 0 Å². The van der Waals surface area contributed by atoms with E-state index in [1.165, 1.54) is 0 Å². The Bertz CT molecular complexity index is 352. The van der Waals surface area contributed by atoms with Crippen molar-refractivity contribution < 1.29 is 19.8 Å². The summed E-state index contributed by atoms with van der Waals surface area (Å²) >= 11 is 0. The average Bonchev–Trinajstić information content (AvgIpc) is 2.25. The standard InChI is InChI=1S/C14H26N2O4/c1-14(2,3)8-10(7-12(18)19)15-13(20)16-6-4-5-11(17)9-16/h10-11,17H,4-9H2,1-3H3,(H,15,20)(H,18,19). The summed E-state index contributed by atoms with van der Waals surface area (Å²) in [5.41, 5.74) is -0.0607. The summed E-state index contributed by atoms with van der Waals surface area (Å²) < 4.78 is 0. The minimum absolute atomic E-state index is 0.0607. The number of likely N-dealkylation sites (tertiary alicyclic amines) is 1. The Labute approximate surface area is 120 Å². The van der Waals surface area contributed by atoms with Crippen molar-refractivity contribution in [2.45, 2.75) is 58.6 Å². The van der Waals surface area contributed by atoms with Crippen LogP contribution in [0.1, 0.15) is 46.5 Å². The van der Waals surface area contributed by atoms with Crippen LogP contribution in [0.3, 0.4) is 0 Å². The van der Waals surface area contributed by atoms with E-state index in [1.807, 2.05) is 20.8 Å². The first kappa shape index (κ1) is 16.8. The molecule has 0 bridgehead atoms. The summed E-state index contributed by atoms with van der Waals surface area (Å²) in [6.45, 7) is 6.97. The van der Waals surface area contributed by atoms with Crippen LogP contribution in [0.4, 0.5) is 4.79 Å². The number of carboxylic acid groups (broad SMARTS) is 1. The van der Waals surface area contributed by atoms with Gasteiger partial charge >= 0.3 is 12.0 Å². The van der Waals surface area contributed by atoms with Crippen molar-refractivity contribution in [1.82, 2.24) is 10.2 Å². The van der Waals surface area contributed by atoms with E-state index in [9.17, 15) is 14.7 Å². The van der Waals surface area contributed by atoms with Crippen molar-refractivity contribution in [3.8, 4) is 0 Å². The van der Waals surface area contributed by atoms with Crippen LogP contribution in [0.2, 0.25) is 0 Å². The van der Waals surface area contributed by atoms with Crippen LogP contribution in [0, 0.1) is 5.41 Å². The summed E-state index contributed by atoms with van der Waals surface area (Å²) in [7, 11) is 0. The monoisotopic (exact) mass is 286 g/mol. The van der Waals surface area contributed by atoms with E-state index >= 15 is 0 Å². The number of nitrogens with one attached hydrogen (secondary N) is 1. The van der Waals surface area contributed by atoms with Crippen LogP contribution in [0.5, 0.6) is 0 Å². The first-order chi connectivity index (χ1) is 9.17. The zero-order valence-corrected chi connectivity index (χ0v) is 12.6. The van der Waals surface area contributed by atoms with Crippen molar-refractivity contribution >= 4 is 12.0 Å². The van der Waals surface area contributed by atoms with Gasteiger partial charge in [-0.05, 0) is 24.7 Å². The molecule has 1 aliphatic heterocycles. The van der Waals surface area contributed by atoms with Crippen molar-refractivity contribution in [3.63, 3.8) is 0 Å². The van der Waals surface area contributed by atoms with Crippen LogP contribution in [-0.4, -0.2) is 52.3 Å². The summed E-state index contributed by atoms with van der Waals surface area (Å²) in [5.74, 6) is -0.918. The first-order valence-corrected chi connectivity index (χ1v) is 7.12. The minimum Gasteiger partial charge on any atom is -0.481 e. The highest BCUT2D eigenvalue weighted by molar-refractivity contribution is 5.76. The quantitative estimate of drug-likeness (QED) is 0.729. The number of carboxylic acids is 1. The number of β-amino-alcohol motifs (C(OH)–C–C–N with tert-alkyl or cyclic N) is 1. The van der Waals surface area contributed by atoms with Gasteiger partial charge in [0.15, 0.2) is 0 Å². The van der Waals surface area contributed by atoms with Gasteiger partial charge in [0.2, 0.25) is 0 Å². The molecule has 0 spiro atoms. The largest absolute Gasteiger partial charge is 0.481 e. The van der Waals surface area contributed by atoms with Crippen molar-refractivity contribution in [3.05, 3.63) is 0 Å². The zero-order chi connectivity index (χ0) is 15.3. The maximum absolute atomic E-state index is 12.1. The van der Waals surface area contributed by atoms with Crippen LogP contribution in [0.15, 0.2) is 0 Å². The second-order valence-electron chi connectivity index (χ2n) is 6.75. The van der Waals surface area contributed by atoms with E-state index in [0.717, 1.165) is 6.42 Å². The number of amides is 2. The number of nitrogens with zero attached hydrogens (tertiary/aromatic N) is 1. The molecule has 0 saturated carbocycles. The molecular formula is C14H26N2O4. The molecule has 3 N–H and O–H groups in total. The van der Waals surface area contributed by atoms with Gasteiger partial charge in [0.25, 0.3) is 0 Å². The van der Waals surface area contributed by atoms with E-state index in [1.54, 1.807) is 4.90 Å². The van der Waals surface area contributed by atoms with Gasteiger partial charge < -0.3 is 20.4 Å². The van der Waals surface area contributed by atoms with Gasteiger partial charge in [0.05, 0.1) is 12.5 Å². The van der Waals surface area contributed by atoms with Gasteiger partial charge in [-0.25, -0.2) is 4.79 Å². The fraction of sp³-hybridized carbons (Fsp3) is 0.857. The molecule has 0 aromatic carbocycles. The molecule has 6 nitrogen and oxygen atoms in total. The summed E-state index contributed by atoms with van der Waals surface area (Å²) in [6, 6.07) is -0.668. The number of carbonyl (C=O) groups excluding carboxylic acids is 1. The number of aliphatic carboxylic acids is 1. The molecule has 1 heterocycles. The van der Waals surface area contributed by atoms with E-state index in [4.69, 9.17) is 5.11 Å². The van der Waals surface area contributed by atoms with Gasteiger partial charge in [-0.3, -0.25) is 4.79 Å². The number of piperidine rings is 1. The van der Waals surface area contributed by atoms with Gasteiger partial charge in [-0.1, -0.05) is 20.8 Å². The summed E-state index contributed by atoms with van der Waals surface area (Å²) in [6.07, 6.45) is 1.53. The highest BCUT2D eigenvalue weighted by Crippen LogP contribution is 2.22. The third-order valence-electron chi connectivity index (χ3n) is 3.29. The maximum Gasteiger partial charge on any atom is 0.317 e. The number of hydrogen-bond donors (Lipinski definition) is 3. The molecule has 20 heavy (non-hydrogen) atoms. The second kappa shape index (κ2) is 6.92. The highest BCUT2D eigenvalue weighted by Gasteiger charge is 2.27. The second-order valence-corrected chi connectivity index (χ2v) is 6.75. The van der Waals surface area contributed by atoms with Crippen molar-refractivity contribution in [2.24, 2.45) is 5.41 Å². The fourth-order valence-corrected chi connectivity index (χ4v) is 2.53. The molecule has 0 aromatic heterocycles. The molecule has 2 unspecified atom stereocenters. The van der Waals surface area contributed by atoms with Crippen LogP contribution in [-0.2, 0) is 4.79 Å². The Morgan fingerprint density at radius 1 is 1.40 bits per heavy atom. The number of hydrogen-bond acceptors (Lipinski definition) is 3. The molecule has 2 atom stereocenters. The lowest BCUT2D eigenvalue weighted by molar-refractivity contribution is -0.137. The maximum atomic E-state index is 12.1. The van der Waals surface area contributed by atoms with E-state index in [-0.39, 0.29) is 23.9 Å². The predicted molar refractivity (Wildman–Crippen MR) is 75.5 cm³/mol. The number of carbonyl (C=O) groups is 2. The van der Waals surface area contributed by atoms with E-state index in [2.05, 4.69) is 5.32 Å².